The molecule has 1 amide bonds. The molecule has 116 valence electrons. The van der Waals surface area contributed by atoms with E-state index in [0.29, 0.717) is 17.8 Å². The maximum atomic E-state index is 11.8. The summed E-state index contributed by atoms with van der Waals surface area (Å²) < 4.78 is 5.42. The number of ether oxygens (including phenoxy) is 1. The SMILES string of the molecule is CC(C)C(CNC(=O)COCC1CC1)Cc1ccccc1. The smallest absolute Gasteiger partial charge is 0.246 e. The number of hydrogen-bond acceptors (Lipinski definition) is 2. The summed E-state index contributed by atoms with van der Waals surface area (Å²) in [5, 5.41) is 3.01. The minimum absolute atomic E-state index is 0.00867. The molecule has 0 saturated heterocycles. The third-order valence-electron chi connectivity index (χ3n) is 4.13. The first-order chi connectivity index (χ1) is 10.1. The van der Waals surface area contributed by atoms with Gasteiger partial charge in [-0.1, -0.05) is 44.2 Å². The molecular formula is C18H27NO2. The van der Waals surface area contributed by atoms with Crippen LogP contribution in [0, 0.1) is 17.8 Å². The van der Waals surface area contributed by atoms with Crippen molar-refractivity contribution in [1.82, 2.24) is 5.32 Å². The molecule has 1 aromatic rings. The topological polar surface area (TPSA) is 38.3 Å². The molecule has 2 rings (SSSR count). The normalized spacial score (nSPS) is 16.0. The van der Waals surface area contributed by atoms with Crippen LogP contribution in [-0.4, -0.2) is 25.7 Å². The van der Waals surface area contributed by atoms with E-state index in [1.54, 1.807) is 0 Å². The van der Waals surface area contributed by atoms with Gasteiger partial charge in [-0.25, -0.2) is 0 Å². The lowest BCUT2D eigenvalue weighted by molar-refractivity contribution is -0.126. The van der Waals surface area contributed by atoms with Crippen molar-refractivity contribution in [3.8, 4) is 0 Å². The van der Waals surface area contributed by atoms with Crippen molar-refractivity contribution in [3.05, 3.63) is 35.9 Å². The number of hydrogen-bond donors (Lipinski definition) is 1. The maximum absolute atomic E-state index is 11.8. The molecule has 1 aromatic carbocycles. The van der Waals surface area contributed by atoms with Crippen LogP contribution in [0.2, 0.25) is 0 Å². The van der Waals surface area contributed by atoms with E-state index in [-0.39, 0.29) is 12.5 Å². The molecule has 0 aromatic heterocycles. The van der Waals surface area contributed by atoms with Crippen molar-refractivity contribution in [3.63, 3.8) is 0 Å². The summed E-state index contributed by atoms with van der Waals surface area (Å²) in [7, 11) is 0. The summed E-state index contributed by atoms with van der Waals surface area (Å²) >= 11 is 0. The van der Waals surface area contributed by atoms with Crippen LogP contribution in [0.3, 0.4) is 0 Å². The molecule has 1 aliphatic rings. The van der Waals surface area contributed by atoms with E-state index in [1.807, 2.05) is 6.07 Å². The zero-order valence-corrected chi connectivity index (χ0v) is 13.2. The van der Waals surface area contributed by atoms with Crippen LogP contribution in [0.25, 0.3) is 0 Å². The van der Waals surface area contributed by atoms with Gasteiger partial charge in [0, 0.05) is 6.54 Å². The predicted molar refractivity (Wildman–Crippen MR) is 85.0 cm³/mol. The molecule has 3 heteroatoms. The van der Waals surface area contributed by atoms with Crippen molar-refractivity contribution in [2.75, 3.05) is 19.8 Å². The number of amides is 1. The highest BCUT2D eigenvalue weighted by atomic mass is 16.5. The molecule has 1 aliphatic carbocycles. The number of carbonyl (C=O) groups is 1. The van der Waals surface area contributed by atoms with Gasteiger partial charge in [-0.15, -0.1) is 0 Å². The molecule has 0 bridgehead atoms. The van der Waals surface area contributed by atoms with Crippen LogP contribution in [0.1, 0.15) is 32.3 Å². The molecule has 1 fully saturated rings. The Balaban J connectivity index is 1.70. The lowest BCUT2D eigenvalue weighted by Gasteiger charge is -2.21. The summed E-state index contributed by atoms with van der Waals surface area (Å²) in [5.74, 6) is 1.71. The van der Waals surface area contributed by atoms with Gasteiger partial charge in [-0.3, -0.25) is 4.79 Å². The highest BCUT2D eigenvalue weighted by Crippen LogP contribution is 2.28. The fourth-order valence-electron chi connectivity index (χ4n) is 2.36. The van der Waals surface area contributed by atoms with E-state index in [2.05, 4.69) is 43.4 Å². The molecule has 21 heavy (non-hydrogen) atoms. The molecule has 0 heterocycles. The van der Waals surface area contributed by atoms with E-state index >= 15 is 0 Å². The average molecular weight is 289 g/mol. The Kier molecular flexibility index (Phi) is 6.24. The van der Waals surface area contributed by atoms with Gasteiger partial charge in [0.1, 0.15) is 6.61 Å². The Labute approximate surface area is 128 Å². The Bertz CT molecular complexity index is 426. The van der Waals surface area contributed by atoms with Gasteiger partial charge in [0.15, 0.2) is 0 Å². The highest BCUT2D eigenvalue weighted by molar-refractivity contribution is 5.77. The van der Waals surface area contributed by atoms with Crippen molar-refractivity contribution < 1.29 is 9.53 Å². The minimum atomic E-state index is 0.00867. The summed E-state index contributed by atoms with van der Waals surface area (Å²) in [4.78, 5) is 11.8. The van der Waals surface area contributed by atoms with Crippen molar-refractivity contribution >= 4 is 5.91 Å². The fraction of sp³-hybridized carbons (Fsp3) is 0.611. The van der Waals surface area contributed by atoms with E-state index in [9.17, 15) is 4.79 Å². The van der Waals surface area contributed by atoms with E-state index in [0.717, 1.165) is 19.6 Å². The number of nitrogens with one attached hydrogen (secondary N) is 1. The standard InChI is InChI=1S/C18H27NO2/c1-14(2)17(10-15-6-4-3-5-7-15)11-19-18(20)13-21-12-16-8-9-16/h3-7,14,16-17H,8-13H2,1-2H3,(H,19,20). The second-order valence-electron chi connectivity index (χ2n) is 6.46. The Morgan fingerprint density at radius 3 is 2.62 bits per heavy atom. The maximum Gasteiger partial charge on any atom is 0.246 e. The van der Waals surface area contributed by atoms with Gasteiger partial charge in [-0.2, -0.15) is 0 Å². The van der Waals surface area contributed by atoms with Crippen molar-refractivity contribution in [1.29, 1.82) is 0 Å². The predicted octanol–water partition coefficient (Wildman–Crippen LogP) is 3.04. The Morgan fingerprint density at radius 2 is 2.00 bits per heavy atom. The van der Waals surface area contributed by atoms with Gasteiger partial charge in [0.2, 0.25) is 5.91 Å². The molecule has 1 unspecified atom stereocenters. The van der Waals surface area contributed by atoms with Crippen LogP contribution in [0.5, 0.6) is 0 Å². The van der Waals surface area contributed by atoms with Gasteiger partial charge >= 0.3 is 0 Å². The molecule has 0 radical (unpaired) electrons. The lowest BCUT2D eigenvalue weighted by atomic mass is 9.89. The first kappa shape index (κ1) is 16.0. The van der Waals surface area contributed by atoms with Crippen LogP contribution >= 0.6 is 0 Å². The van der Waals surface area contributed by atoms with Crippen LogP contribution in [0.15, 0.2) is 30.3 Å². The van der Waals surface area contributed by atoms with E-state index in [1.165, 1.54) is 18.4 Å². The van der Waals surface area contributed by atoms with Gasteiger partial charge in [0.05, 0.1) is 6.61 Å². The largest absolute Gasteiger partial charge is 0.371 e. The zero-order valence-electron chi connectivity index (χ0n) is 13.2. The van der Waals surface area contributed by atoms with Gasteiger partial charge < -0.3 is 10.1 Å². The van der Waals surface area contributed by atoms with Crippen LogP contribution in [0.4, 0.5) is 0 Å². The number of carbonyl (C=O) groups excluding carboxylic acids is 1. The summed E-state index contributed by atoms with van der Waals surface area (Å²) in [6.07, 6.45) is 3.52. The lowest BCUT2D eigenvalue weighted by Crippen LogP contribution is -2.35. The van der Waals surface area contributed by atoms with Crippen LogP contribution in [-0.2, 0) is 16.0 Å². The summed E-state index contributed by atoms with van der Waals surface area (Å²) in [6.45, 7) is 6.09. The third kappa shape index (κ3) is 6.30. The monoisotopic (exact) mass is 289 g/mol. The fourth-order valence-corrected chi connectivity index (χ4v) is 2.36. The minimum Gasteiger partial charge on any atom is -0.371 e. The second-order valence-corrected chi connectivity index (χ2v) is 6.46. The van der Waals surface area contributed by atoms with Gasteiger partial charge in [-0.05, 0) is 42.6 Å². The number of rotatable bonds is 9. The molecular weight excluding hydrogens is 262 g/mol. The summed E-state index contributed by atoms with van der Waals surface area (Å²) in [6, 6.07) is 10.5. The summed E-state index contributed by atoms with van der Waals surface area (Å²) in [5.41, 5.74) is 1.33. The number of benzene rings is 1. The van der Waals surface area contributed by atoms with Gasteiger partial charge in [0.25, 0.3) is 0 Å². The molecule has 0 spiro atoms. The third-order valence-corrected chi connectivity index (χ3v) is 4.13. The Morgan fingerprint density at radius 1 is 1.29 bits per heavy atom. The molecule has 1 saturated carbocycles. The molecule has 1 atom stereocenters. The highest BCUT2D eigenvalue weighted by Gasteiger charge is 2.21. The first-order valence-corrected chi connectivity index (χ1v) is 8.03. The van der Waals surface area contributed by atoms with Crippen LogP contribution < -0.4 is 5.32 Å². The average Bonchev–Trinajstić information content (AvgIpc) is 3.28. The molecule has 3 nitrogen and oxygen atoms in total. The molecule has 0 aliphatic heterocycles. The van der Waals surface area contributed by atoms with Crippen molar-refractivity contribution in [2.45, 2.75) is 33.1 Å². The van der Waals surface area contributed by atoms with E-state index in [4.69, 9.17) is 4.74 Å². The zero-order chi connectivity index (χ0) is 15.1. The second kappa shape index (κ2) is 8.18. The van der Waals surface area contributed by atoms with Crippen molar-refractivity contribution in [2.24, 2.45) is 17.8 Å². The molecule has 1 N–H and O–H groups in total. The Hall–Kier alpha value is -1.35. The quantitative estimate of drug-likeness (QED) is 0.759. The van der Waals surface area contributed by atoms with E-state index < -0.39 is 0 Å². The first-order valence-electron chi connectivity index (χ1n) is 8.03.